The number of hydrogen-bond donors (Lipinski definition) is 2. The lowest BCUT2D eigenvalue weighted by Crippen LogP contribution is -2.32. The molecule has 2 fully saturated rings. The summed E-state index contributed by atoms with van der Waals surface area (Å²) in [4.78, 5) is 31.0. The van der Waals surface area contributed by atoms with Crippen molar-refractivity contribution in [2.75, 3.05) is 23.3 Å². The van der Waals surface area contributed by atoms with Crippen molar-refractivity contribution < 1.29 is 18.7 Å². The second-order valence-corrected chi connectivity index (χ2v) is 8.90. The number of aromatic nitrogens is 2. The predicted octanol–water partition coefficient (Wildman–Crippen LogP) is 3.45. The molecule has 1 aliphatic heterocycles. The molecule has 1 aromatic carbocycles. The average molecular weight is 465 g/mol. The number of hydrogen-bond acceptors (Lipinski definition) is 6. The molecule has 5 rings (SSSR count). The Kier molecular flexibility index (Phi) is 4.82. The molecule has 8 nitrogen and oxygen atoms in total. The molecule has 3 atom stereocenters. The van der Waals surface area contributed by atoms with Gasteiger partial charge in [0.2, 0.25) is 0 Å². The molecule has 10 heteroatoms. The Labute approximate surface area is 193 Å². The minimum atomic E-state index is -2.70. The fraction of sp³-hybridized carbons (Fsp3) is 0.333. The molecule has 3 aromatic rings. The van der Waals surface area contributed by atoms with E-state index in [0.29, 0.717) is 11.3 Å². The number of carbonyl (C=O) groups is 1. The van der Waals surface area contributed by atoms with Gasteiger partial charge in [-0.05, 0) is 37.6 Å². The lowest BCUT2D eigenvalue weighted by atomic mass is 10.1. The maximum Gasteiger partial charge on any atom is 0.337 e. The number of benzene rings is 1. The van der Waals surface area contributed by atoms with E-state index in [4.69, 9.17) is 0 Å². The van der Waals surface area contributed by atoms with Crippen molar-refractivity contribution in [3.05, 3.63) is 69.1 Å². The number of nitrogens with one attached hydrogen (secondary N) is 1. The number of nitriles is 1. The number of fused-ring (bicyclic) bond motifs is 2. The minimum absolute atomic E-state index is 0.0376. The van der Waals surface area contributed by atoms with E-state index >= 15 is 0 Å². The molecule has 174 valence electrons. The maximum atomic E-state index is 13.7. The van der Waals surface area contributed by atoms with Crippen LogP contribution in [0.4, 0.5) is 20.3 Å². The van der Waals surface area contributed by atoms with Crippen molar-refractivity contribution in [1.82, 2.24) is 9.38 Å². The number of aryl methyl sites for hydroxylation is 1. The first-order valence-electron chi connectivity index (χ1n) is 10.8. The summed E-state index contributed by atoms with van der Waals surface area (Å²) >= 11 is 0. The molecule has 1 saturated heterocycles. The molecule has 1 aliphatic carbocycles. The molecule has 2 N–H and O–H groups in total. The Morgan fingerprint density at radius 2 is 2.00 bits per heavy atom. The van der Waals surface area contributed by atoms with Crippen LogP contribution in [0.25, 0.3) is 5.65 Å². The normalized spacial score (nSPS) is 21.1. The van der Waals surface area contributed by atoms with Crippen LogP contribution < -0.4 is 15.8 Å². The van der Waals surface area contributed by atoms with E-state index in [1.54, 1.807) is 36.2 Å². The van der Waals surface area contributed by atoms with E-state index in [-0.39, 0.29) is 35.7 Å². The quantitative estimate of drug-likeness (QED) is 0.594. The van der Waals surface area contributed by atoms with E-state index < -0.39 is 35.3 Å². The summed E-state index contributed by atoms with van der Waals surface area (Å²) in [6, 6.07) is 9.75. The average Bonchev–Trinajstić information content (AvgIpc) is 3.13. The number of anilines is 2. The third-order valence-electron chi connectivity index (χ3n) is 6.68. The molecule has 3 unspecified atom stereocenters. The lowest BCUT2D eigenvalue weighted by molar-refractivity contribution is 0.0697. The Bertz CT molecular complexity index is 1430. The van der Waals surface area contributed by atoms with Crippen molar-refractivity contribution in [2.45, 2.75) is 25.8 Å². The van der Waals surface area contributed by atoms with E-state index in [2.05, 4.69) is 10.3 Å². The zero-order chi connectivity index (χ0) is 24.4. The van der Waals surface area contributed by atoms with Gasteiger partial charge in [-0.25, -0.2) is 18.6 Å². The van der Waals surface area contributed by atoms with Gasteiger partial charge in [-0.15, -0.1) is 0 Å². The van der Waals surface area contributed by atoms with Crippen LogP contribution in [-0.2, 0) is 0 Å². The fourth-order valence-corrected chi connectivity index (χ4v) is 4.83. The SMILES string of the molecule is Cc1cc(C(C)Nc2ccccc2C(=O)O)c2nc(N3CC4C(C3)C4(F)F)c(C#N)c(=O)n2c1. The third-order valence-corrected chi connectivity index (χ3v) is 6.68. The van der Waals surface area contributed by atoms with Crippen LogP contribution in [0.2, 0.25) is 0 Å². The standard InChI is InChI=1S/C24H21F2N5O3/c1-12-7-15(13(2)28-19-6-4-3-5-14(19)23(33)34)21-29-20(16(8-27)22(32)31(21)9-12)30-10-17-18(11-30)24(17,25)26/h3-7,9,13,17-18,28H,10-11H2,1-2H3,(H,33,34). The van der Waals surface area contributed by atoms with Crippen molar-refractivity contribution in [3.8, 4) is 6.07 Å². The minimum Gasteiger partial charge on any atom is -0.478 e. The molecule has 34 heavy (non-hydrogen) atoms. The van der Waals surface area contributed by atoms with Gasteiger partial charge in [-0.1, -0.05) is 12.1 Å². The largest absolute Gasteiger partial charge is 0.478 e. The molecule has 1 saturated carbocycles. The summed E-state index contributed by atoms with van der Waals surface area (Å²) in [5.74, 6) is -5.24. The first-order valence-corrected chi connectivity index (χ1v) is 10.8. The van der Waals surface area contributed by atoms with Crippen LogP contribution in [0.1, 0.15) is 40.0 Å². The Morgan fingerprint density at radius 3 is 2.65 bits per heavy atom. The summed E-state index contributed by atoms with van der Waals surface area (Å²) < 4.78 is 28.7. The second kappa shape index (κ2) is 7.52. The smallest absolute Gasteiger partial charge is 0.337 e. The molecule has 0 bridgehead atoms. The molecular weight excluding hydrogens is 444 g/mol. The van der Waals surface area contributed by atoms with Gasteiger partial charge in [-0.2, -0.15) is 5.26 Å². The summed E-state index contributed by atoms with van der Waals surface area (Å²) in [5, 5.41) is 22.3. The van der Waals surface area contributed by atoms with Gasteiger partial charge in [0, 0.05) is 30.5 Å². The van der Waals surface area contributed by atoms with Crippen LogP contribution in [0.5, 0.6) is 0 Å². The van der Waals surface area contributed by atoms with Gasteiger partial charge in [0.1, 0.15) is 11.7 Å². The summed E-state index contributed by atoms with van der Waals surface area (Å²) in [6.45, 7) is 3.68. The number of piperidine rings is 1. The Balaban J connectivity index is 1.61. The number of pyridine rings is 1. The van der Waals surface area contributed by atoms with Crippen LogP contribution >= 0.6 is 0 Å². The first-order chi connectivity index (χ1) is 16.1. The van der Waals surface area contributed by atoms with Crippen LogP contribution in [0, 0.1) is 30.1 Å². The van der Waals surface area contributed by atoms with Gasteiger partial charge in [0.15, 0.2) is 11.4 Å². The number of carboxylic acid groups (broad SMARTS) is 1. The predicted molar refractivity (Wildman–Crippen MR) is 120 cm³/mol. The fourth-order valence-electron chi connectivity index (χ4n) is 4.83. The number of carboxylic acids is 1. The van der Waals surface area contributed by atoms with Gasteiger partial charge in [0.25, 0.3) is 11.5 Å². The molecule has 0 spiro atoms. The number of halogens is 2. The summed E-state index contributed by atoms with van der Waals surface area (Å²) in [5.41, 5.74) is 1.38. The van der Waals surface area contributed by atoms with Gasteiger partial charge < -0.3 is 15.3 Å². The molecule has 0 amide bonds. The van der Waals surface area contributed by atoms with Crippen LogP contribution in [0.15, 0.2) is 41.3 Å². The van der Waals surface area contributed by atoms with Gasteiger partial charge in [0.05, 0.1) is 23.4 Å². The van der Waals surface area contributed by atoms with Crippen LogP contribution in [0.3, 0.4) is 0 Å². The van der Waals surface area contributed by atoms with Gasteiger partial charge in [-0.3, -0.25) is 9.20 Å². The number of rotatable bonds is 5. The highest BCUT2D eigenvalue weighted by Gasteiger charge is 2.72. The second-order valence-electron chi connectivity index (χ2n) is 8.90. The zero-order valence-electron chi connectivity index (χ0n) is 18.4. The van der Waals surface area contributed by atoms with Crippen molar-refractivity contribution in [1.29, 1.82) is 5.26 Å². The van der Waals surface area contributed by atoms with Gasteiger partial charge >= 0.3 is 5.97 Å². The lowest BCUT2D eigenvalue weighted by Gasteiger charge is -2.24. The Hall–Kier alpha value is -4.00. The summed E-state index contributed by atoms with van der Waals surface area (Å²) in [6.07, 6.45) is 1.58. The monoisotopic (exact) mass is 465 g/mol. The highest BCUT2D eigenvalue weighted by atomic mass is 19.3. The Morgan fingerprint density at radius 1 is 1.32 bits per heavy atom. The highest BCUT2D eigenvalue weighted by Crippen LogP contribution is 2.59. The number of alkyl halides is 2. The molecule has 3 heterocycles. The highest BCUT2D eigenvalue weighted by molar-refractivity contribution is 5.94. The van der Waals surface area contributed by atoms with E-state index in [0.717, 1.165) is 5.56 Å². The molecule has 0 radical (unpaired) electrons. The third kappa shape index (κ3) is 3.27. The van der Waals surface area contributed by atoms with E-state index in [1.807, 2.05) is 19.1 Å². The number of para-hydroxylation sites is 1. The van der Waals surface area contributed by atoms with Crippen molar-refractivity contribution in [2.24, 2.45) is 11.8 Å². The number of aromatic carboxylic acids is 1. The van der Waals surface area contributed by atoms with Crippen molar-refractivity contribution in [3.63, 3.8) is 0 Å². The summed E-state index contributed by atoms with van der Waals surface area (Å²) in [7, 11) is 0. The topological polar surface area (TPSA) is 111 Å². The van der Waals surface area contributed by atoms with E-state index in [1.165, 1.54) is 10.5 Å². The first kappa shape index (κ1) is 21.8. The number of nitrogens with zero attached hydrogens (tertiary/aromatic N) is 4. The van der Waals surface area contributed by atoms with Crippen LogP contribution in [-0.4, -0.2) is 39.5 Å². The van der Waals surface area contributed by atoms with E-state index in [9.17, 15) is 28.7 Å². The van der Waals surface area contributed by atoms with Crippen molar-refractivity contribution >= 4 is 23.1 Å². The maximum absolute atomic E-state index is 13.7. The molecule has 2 aliphatic rings. The molecular formula is C24H21F2N5O3. The zero-order valence-corrected chi connectivity index (χ0v) is 18.4. The molecule has 2 aromatic heterocycles.